The fourth-order valence-electron chi connectivity index (χ4n) is 1.53. The summed E-state index contributed by atoms with van der Waals surface area (Å²) < 4.78 is 5.47. The predicted octanol–water partition coefficient (Wildman–Crippen LogP) is 3.53. The molecule has 0 aliphatic heterocycles. The average molecular weight is 289 g/mol. The van der Waals surface area contributed by atoms with Crippen molar-refractivity contribution in [1.82, 2.24) is 4.98 Å². The van der Waals surface area contributed by atoms with Crippen molar-refractivity contribution < 1.29 is 14.6 Å². The largest absolute Gasteiger partial charge is 0.490 e. The Morgan fingerprint density at radius 1 is 1.40 bits per heavy atom. The molecular weight excluding hydrogens is 274 g/mol. The predicted molar refractivity (Wildman–Crippen MR) is 79.2 cm³/mol. The SMILES string of the molecule is CC(=CCOc1ccc(-c2nc(C)cs2)cc1)C(=O)O. The summed E-state index contributed by atoms with van der Waals surface area (Å²) in [5.74, 6) is -0.223. The molecule has 0 unspecified atom stereocenters. The van der Waals surface area contributed by atoms with Gasteiger partial charge in [0, 0.05) is 22.2 Å². The summed E-state index contributed by atoms with van der Waals surface area (Å²) in [6, 6.07) is 7.61. The summed E-state index contributed by atoms with van der Waals surface area (Å²) in [5, 5.41) is 11.7. The van der Waals surface area contributed by atoms with Gasteiger partial charge in [-0.2, -0.15) is 0 Å². The molecule has 0 saturated heterocycles. The standard InChI is InChI=1S/C15H15NO3S/c1-10(15(17)18)7-8-19-13-5-3-12(4-6-13)14-16-11(2)9-20-14/h3-7,9H,8H2,1-2H3,(H,17,18). The number of thiazole rings is 1. The molecule has 20 heavy (non-hydrogen) atoms. The Morgan fingerprint density at radius 2 is 2.10 bits per heavy atom. The van der Waals surface area contributed by atoms with Crippen molar-refractivity contribution in [2.75, 3.05) is 6.61 Å². The third-order valence-electron chi connectivity index (χ3n) is 2.70. The van der Waals surface area contributed by atoms with Crippen LogP contribution in [0.3, 0.4) is 0 Å². The van der Waals surface area contributed by atoms with Gasteiger partial charge in [0.15, 0.2) is 0 Å². The third-order valence-corrected chi connectivity index (χ3v) is 3.71. The second-order valence-electron chi connectivity index (χ2n) is 4.32. The van der Waals surface area contributed by atoms with Gasteiger partial charge in [0.25, 0.3) is 0 Å². The van der Waals surface area contributed by atoms with Crippen LogP contribution in [0.2, 0.25) is 0 Å². The normalized spacial score (nSPS) is 11.4. The van der Waals surface area contributed by atoms with Crippen molar-refractivity contribution in [2.24, 2.45) is 0 Å². The number of hydrogen-bond acceptors (Lipinski definition) is 4. The van der Waals surface area contributed by atoms with Crippen molar-refractivity contribution in [3.8, 4) is 16.3 Å². The summed E-state index contributed by atoms with van der Waals surface area (Å²) in [6.07, 6.45) is 1.54. The van der Waals surface area contributed by atoms with Gasteiger partial charge in [0.05, 0.1) is 0 Å². The van der Waals surface area contributed by atoms with Crippen LogP contribution >= 0.6 is 11.3 Å². The fraction of sp³-hybridized carbons (Fsp3) is 0.200. The molecule has 104 valence electrons. The maximum atomic E-state index is 10.6. The van der Waals surface area contributed by atoms with E-state index in [-0.39, 0.29) is 12.2 Å². The van der Waals surface area contributed by atoms with E-state index in [1.807, 2.05) is 36.6 Å². The Labute approximate surface area is 121 Å². The van der Waals surface area contributed by atoms with Gasteiger partial charge in [-0.15, -0.1) is 11.3 Å². The minimum absolute atomic E-state index is 0.244. The smallest absolute Gasteiger partial charge is 0.331 e. The Hall–Kier alpha value is -2.14. The van der Waals surface area contributed by atoms with Gasteiger partial charge in [-0.25, -0.2) is 9.78 Å². The highest BCUT2D eigenvalue weighted by Gasteiger charge is 2.03. The zero-order valence-electron chi connectivity index (χ0n) is 11.3. The molecule has 0 bridgehead atoms. The van der Waals surface area contributed by atoms with Crippen LogP contribution in [0, 0.1) is 6.92 Å². The molecule has 0 saturated carbocycles. The summed E-state index contributed by atoms with van der Waals surface area (Å²) >= 11 is 1.61. The van der Waals surface area contributed by atoms with Crippen LogP contribution in [0.1, 0.15) is 12.6 Å². The summed E-state index contributed by atoms with van der Waals surface area (Å²) in [7, 11) is 0. The topological polar surface area (TPSA) is 59.4 Å². The van der Waals surface area contributed by atoms with E-state index in [1.54, 1.807) is 24.3 Å². The van der Waals surface area contributed by atoms with E-state index in [2.05, 4.69) is 4.98 Å². The number of rotatable bonds is 5. The molecule has 2 rings (SSSR count). The monoisotopic (exact) mass is 289 g/mol. The fourth-order valence-corrected chi connectivity index (χ4v) is 2.33. The van der Waals surface area contributed by atoms with Crippen LogP contribution in [0.4, 0.5) is 0 Å². The minimum Gasteiger partial charge on any atom is -0.490 e. The van der Waals surface area contributed by atoms with Crippen LogP contribution in [0.15, 0.2) is 41.3 Å². The Bertz CT molecular complexity index is 629. The lowest BCUT2D eigenvalue weighted by atomic mass is 10.2. The van der Waals surface area contributed by atoms with Crippen LogP contribution in [-0.4, -0.2) is 22.7 Å². The van der Waals surface area contributed by atoms with E-state index in [0.29, 0.717) is 5.75 Å². The van der Waals surface area contributed by atoms with E-state index < -0.39 is 5.97 Å². The summed E-state index contributed by atoms with van der Waals surface area (Å²) in [4.78, 5) is 15.0. The quantitative estimate of drug-likeness (QED) is 0.855. The van der Waals surface area contributed by atoms with E-state index >= 15 is 0 Å². The molecule has 0 spiro atoms. The lowest BCUT2D eigenvalue weighted by molar-refractivity contribution is -0.132. The average Bonchev–Trinajstić information content (AvgIpc) is 2.86. The van der Waals surface area contributed by atoms with Gasteiger partial charge in [-0.3, -0.25) is 0 Å². The number of benzene rings is 1. The van der Waals surface area contributed by atoms with Crippen LogP contribution < -0.4 is 4.74 Å². The van der Waals surface area contributed by atoms with Gasteiger partial charge in [0.2, 0.25) is 0 Å². The molecule has 0 amide bonds. The Kier molecular flexibility index (Phi) is 4.53. The zero-order valence-corrected chi connectivity index (χ0v) is 12.1. The van der Waals surface area contributed by atoms with Gasteiger partial charge in [-0.05, 0) is 44.2 Å². The molecule has 1 aromatic carbocycles. The molecular formula is C15H15NO3S. The Morgan fingerprint density at radius 3 is 2.65 bits per heavy atom. The van der Waals surface area contributed by atoms with Gasteiger partial charge in [0.1, 0.15) is 17.4 Å². The molecule has 2 aromatic rings. The van der Waals surface area contributed by atoms with E-state index in [4.69, 9.17) is 9.84 Å². The lowest BCUT2D eigenvalue weighted by Crippen LogP contribution is -2.00. The Balaban J connectivity index is 1.99. The van der Waals surface area contributed by atoms with Gasteiger partial charge >= 0.3 is 5.97 Å². The number of aryl methyl sites for hydroxylation is 1. The first-order valence-electron chi connectivity index (χ1n) is 6.11. The number of ether oxygens (including phenoxy) is 1. The first-order chi connectivity index (χ1) is 9.56. The highest BCUT2D eigenvalue weighted by Crippen LogP contribution is 2.25. The molecule has 4 nitrogen and oxygen atoms in total. The van der Waals surface area contributed by atoms with Crippen molar-refractivity contribution in [3.05, 3.63) is 47.0 Å². The highest BCUT2D eigenvalue weighted by atomic mass is 32.1. The second-order valence-corrected chi connectivity index (χ2v) is 5.18. The molecule has 5 heteroatoms. The van der Waals surface area contributed by atoms with Crippen LogP contribution in [0.25, 0.3) is 10.6 Å². The first-order valence-corrected chi connectivity index (χ1v) is 6.99. The molecule has 0 radical (unpaired) electrons. The number of carboxylic acid groups (broad SMARTS) is 1. The van der Waals surface area contributed by atoms with Crippen molar-refractivity contribution in [2.45, 2.75) is 13.8 Å². The van der Waals surface area contributed by atoms with E-state index in [0.717, 1.165) is 16.3 Å². The number of hydrogen-bond donors (Lipinski definition) is 1. The maximum absolute atomic E-state index is 10.6. The van der Waals surface area contributed by atoms with Gasteiger partial charge < -0.3 is 9.84 Å². The summed E-state index contributed by atoms with van der Waals surface area (Å²) in [5.41, 5.74) is 2.34. The van der Waals surface area contributed by atoms with E-state index in [9.17, 15) is 4.79 Å². The second kappa shape index (κ2) is 6.34. The summed E-state index contributed by atoms with van der Waals surface area (Å²) in [6.45, 7) is 3.75. The number of carbonyl (C=O) groups is 1. The minimum atomic E-state index is -0.928. The zero-order chi connectivity index (χ0) is 14.5. The van der Waals surface area contributed by atoms with Gasteiger partial charge in [-0.1, -0.05) is 0 Å². The number of aliphatic carboxylic acids is 1. The molecule has 0 aliphatic carbocycles. The van der Waals surface area contributed by atoms with Crippen molar-refractivity contribution in [1.29, 1.82) is 0 Å². The number of carboxylic acids is 1. The molecule has 1 N–H and O–H groups in total. The molecule has 0 fully saturated rings. The van der Waals surface area contributed by atoms with Crippen LogP contribution in [-0.2, 0) is 4.79 Å². The lowest BCUT2D eigenvalue weighted by Gasteiger charge is -2.04. The first kappa shape index (κ1) is 14.3. The molecule has 0 atom stereocenters. The maximum Gasteiger partial charge on any atom is 0.331 e. The third kappa shape index (κ3) is 3.68. The van der Waals surface area contributed by atoms with Crippen molar-refractivity contribution in [3.63, 3.8) is 0 Å². The molecule has 1 heterocycles. The van der Waals surface area contributed by atoms with E-state index in [1.165, 1.54) is 0 Å². The highest BCUT2D eigenvalue weighted by molar-refractivity contribution is 7.13. The number of nitrogens with zero attached hydrogens (tertiary/aromatic N) is 1. The number of aromatic nitrogens is 1. The molecule has 1 aromatic heterocycles. The van der Waals surface area contributed by atoms with Crippen molar-refractivity contribution >= 4 is 17.3 Å². The molecule has 0 aliphatic rings. The van der Waals surface area contributed by atoms with Crippen LogP contribution in [0.5, 0.6) is 5.75 Å².